The van der Waals surface area contributed by atoms with Crippen LogP contribution in [-0.4, -0.2) is 39.5 Å². The van der Waals surface area contributed by atoms with Crippen molar-refractivity contribution in [1.29, 1.82) is 0 Å². The van der Waals surface area contributed by atoms with E-state index in [1.54, 1.807) is 36.2 Å². The number of ether oxygens (including phenoxy) is 1. The molecule has 0 fully saturated rings. The van der Waals surface area contributed by atoms with Gasteiger partial charge >= 0.3 is 0 Å². The van der Waals surface area contributed by atoms with E-state index in [1.807, 2.05) is 31.2 Å². The monoisotopic (exact) mass is 366 g/mol. The summed E-state index contributed by atoms with van der Waals surface area (Å²) in [7, 11) is 1.74. The average Bonchev–Trinajstić information content (AvgIpc) is 2.69. The van der Waals surface area contributed by atoms with Gasteiger partial charge in [0.1, 0.15) is 11.3 Å². The summed E-state index contributed by atoms with van der Waals surface area (Å²) < 4.78 is 6.66. The van der Waals surface area contributed by atoms with Gasteiger partial charge in [0, 0.05) is 20.0 Å². The molecular formula is C20H22N4O3. The fraction of sp³-hybridized carbons (Fsp3) is 0.300. The van der Waals surface area contributed by atoms with Crippen LogP contribution in [0.25, 0.3) is 10.9 Å². The van der Waals surface area contributed by atoms with E-state index in [-0.39, 0.29) is 24.4 Å². The molecule has 0 aliphatic carbocycles. The first-order valence-electron chi connectivity index (χ1n) is 8.86. The van der Waals surface area contributed by atoms with Gasteiger partial charge in [0.05, 0.1) is 18.5 Å². The molecule has 0 saturated heterocycles. The second-order valence-electron chi connectivity index (χ2n) is 6.21. The normalized spacial score (nSPS) is 10.7. The summed E-state index contributed by atoms with van der Waals surface area (Å²) in [6, 6.07) is 14.7. The van der Waals surface area contributed by atoms with Crippen LogP contribution < -0.4 is 10.3 Å². The van der Waals surface area contributed by atoms with Crippen molar-refractivity contribution in [2.75, 3.05) is 13.7 Å². The highest BCUT2D eigenvalue weighted by Gasteiger charge is 2.12. The van der Waals surface area contributed by atoms with Crippen molar-refractivity contribution >= 4 is 16.8 Å². The highest BCUT2D eigenvalue weighted by atomic mass is 16.5. The standard InChI is InChI=1S/C20H22N4O3/c1-3-27-16-10-8-15(9-11-16)14-23(2)19(25)12-13-24-20(26)17-6-4-5-7-18(17)21-22-24/h4-11H,3,12-14H2,1-2H3. The lowest BCUT2D eigenvalue weighted by Crippen LogP contribution is -2.30. The van der Waals surface area contributed by atoms with Crippen molar-refractivity contribution in [3.8, 4) is 5.75 Å². The average molecular weight is 366 g/mol. The predicted molar refractivity (Wildman–Crippen MR) is 103 cm³/mol. The van der Waals surface area contributed by atoms with Crippen LogP contribution in [0.15, 0.2) is 53.3 Å². The smallest absolute Gasteiger partial charge is 0.277 e. The van der Waals surface area contributed by atoms with Crippen molar-refractivity contribution in [3.05, 3.63) is 64.4 Å². The van der Waals surface area contributed by atoms with Gasteiger partial charge in [-0.05, 0) is 36.8 Å². The summed E-state index contributed by atoms with van der Waals surface area (Å²) in [5, 5.41) is 8.45. The molecule has 27 heavy (non-hydrogen) atoms. The number of aromatic nitrogens is 3. The number of rotatable bonds is 7. The van der Waals surface area contributed by atoms with E-state index in [0.29, 0.717) is 24.1 Å². The van der Waals surface area contributed by atoms with Crippen LogP contribution in [0.2, 0.25) is 0 Å². The first-order valence-corrected chi connectivity index (χ1v) is 8.86. The maximum Gasteiger partial charge on any atom is 0.277 e. The second-order valence-corrected chi connectivity index (χ2v) is 6.21. The molecule has 1 aromatic heterocycles. The van der Waals surface area contributed by atoms with Crippen molar-refractivity contribution < 1.29 is 9.53 Å². The lowest BCUT2D eigenvalue weighted by Gasteiger charge is -2.17. The van der Waals surface area contributed by atoms with Gasteiger partial charge in [-0.2, -0.15) is 0 Å². The molecule has 3 rings (SSSR count). The molecule has 140 valence electrons. The summed E-state index contributed by atoms with van der Waals surface area (Å²) in [6.07, 6.45) is 0.181. The molecule has 0 N–H and O–H groups in total. The molecule has 0 atom stereocenters. The van der Waals surface area contributed by atoms with Gasteiger partial charge in [0.2, 0.25) is 5.91 Å². The van der Waals surface area contributed by atoms with E-state index < -0.39 is 0 Å². The summed E-state index contributed by atoms with van der Waals surface area (Å²) in [5.74, 6) is 0.746. The lowest BCUT2D eigenvalue weighted by molar-refractivity contribution is -0.130. The zero-order valence-electron chi connectivity index (χ0n) is 15.5. The Labute approximate surface area is 157 Å². The number of nitrogens with zero attached hydrogens (tertiary/aromatic N) is 4. The van der Waals surface area contributed by atoms with Crippen LogP contribution in [0, 0.1) is 0 Å². The Balaban J connectivity index is 1.60. The zero-order chi connectivity index (χ0) is 19.2. The summed E-state index contributed by atoms with van der Waals surface area (Å²) in [5.41, 5.74) is 1.33. The minimum Gasteiger partial charge on any atom is -0.494 e. The number of benzene rings is 2. The van der Waals surface area contributed by atoms with Gasteiger partial charge in [-0.15, -0.1) is 5.10 Å². The fourth-order valence-corrected chi connectivity index (χ4v) is 2.78. The number of hydrogen-bond donors (Lipinski definition) is 0. The van der Waals surface area contributed by atoms with E-state index in [1.165, 1.54) is 4.68 Å². The van der Waals surface area contributed by atoms with E-state index in [4.69, 9.17) is 4.74 Å². The third-order valence-electron chi connectivity index (χ3n) is 4.25. The SMILES string of the molecule is CCOc1ccc(CN(C)C(=O)CCn2nnc3ccccc3c2=O)cc1. The van der Waals surface area contributed by atoms with Crippen molar-refractivity contribution in [3.63, 3.8) is 0 Å². The Kier molecular flexibility index (Phi) is 5.80. The molecule has 3 aromatic rings. The number of carbonyl (C=O) groups excluding carboxylic acids is 1. The van der Waals surface area contributed by atoms with Crippen molar-refractivity contribution in [2.45, 2.75) is 26.4 Å². The third-order valence-corrected chi connectivity index (χ3v) is 4.25. The maximum atomic E-state index is 12.4. The molecule has 1 heterocycles. The Bertz CT molecular complexity index is 982. The van der Waals surface area contributed by atoms with Gasteiger partial charge in [0.25, 0.3) is 5.56 Å². The van der Waals surface area contributed by atoms with Gasteiger partial charge in [0.15, 0.2) is 0 Å². The van der Waals surface area contributed by atoms with Crippen molar-refractivity contribution in [1.82, 2.24) is 19.9 Å². The Morgan fingerprint density at radius 2 is 1.89 bits per heavy atom. The van der Waals surface area contributed by atoms with Crippen LogP contribution in [0.5, 0.6) is 5.75 Å². The van der Waals surface area contributed by atoms with Crippen molar-refractivity contribution in [2.24, 2.45) is 0 Å². The highest BCUT2D eigenvalue weighted by molar-refractivity contribution is 5.77. The van der Waals surface area contributed by atoms with Crippen LogP contribution in [0.1, 0.15) is 18.9 Å². The molecular weight excluding hydrogens is 344 g/mol. The minimum atomic E-state index is -0.234. The molecule has 0 radical (unpaired) electrons. The Morgan fingerprint density at radius 1 is 1.15 bits per heavy atom. The molecule has 7 heteroatoms. The molecule has 0 aliphatic heterocycles. The highest BCUT2D eigenvalue weighted by Crippen LogP contribution is 2.13. The molecule has 0 saturated carbocycles. The molecule has 0 aliphatic rings. The Morgan fingerprint density at radius 3 is 2.63 bits per heavy atom. The molecule has 0 spiro atoms. The quantitative estimate of drug-likeness (QED) is 0.641. The van der Waals surface area contributed by atoms with Crippen LogP contribution in [0.3, 0.4) is 0 Å². The topological polar surface area (TPSA) is 77.3 Å². The molecule has 0 bridgehead atoms. The third kappa shape index (κ3) is 4.49. The number of fused-ring (bicyclic) bond motifs is 1. The largest absolute Gasteiger partial charge is 0.494 e. The number of hydrogen-bond acceptors (Lipinski definition) is 5. The number of amides is 1. The van der Waals surface area contributed by atoms with Crippen LogP contribution in [-0.2, 0) is 17.9 Å². The van der Waals surface area contributed by atoms with Gasteiger partial charge < -0.3 is 9.64 Å². The van der Waals surface area contributed by atoms with Crippen LogP contribution >= 0.6 is 0 Å². The second kappa shape index (κ2) is 8.44. The fourth-order valence-electron chi connectivity index (χ4n) is 2.78. The van der Waals surface area contributed by atoms with E-state index in [2.05, 4.69) is 10.3 Å². The number of carbonyl (C=O) groups is 1. The molecule has 7 nitrogen and oxygen atoms in total. The lowest BCUT2D eigenvalue weighted by atomic mass is 10.2. The van der Waals surface area contributed by atoms with Gasteiger partial charge in [-0.3, -0.25) is 9.59 Å². The maximum absolute atomic E-state index is 12.4. The molecule has 0 unspecified atom stereocenters. The molecule has 2 aromatic carbocycles. The summed E-state index contributed by atoms with van der Waals surface area (Å²) in [6.45, 7) is 3.24. The zero-order valence-corrected chi connectivity index (χ0v) is 15.5. The first kappa shape index (κ1) is 18.6. The van der Waals surface area contributed by atoms with Crippen LogP contribution in [0.4, 0.5) is 0 Å². The first-order chi connectivity index (χ1) is 13.1. The van der Waals surface area contributed by atoms with E-state index in [9.17, 15) is 9.59 Å². The van der Waals surface area contributed by atoms with Gasteiger partial charge in [-0.1, -0.05) is 29.5 Å². The minimum absolute atomic E-state index is 0.0641. The predicted octanol–water partition coefficient (Wildman–Crippen LogP) is 2.24. The van der Waals surface area contributed by atoms with E-state index in [0.717, 1.165) is 11.3 Å². The molecule has 1 amide bonds. The summed E-state index contributed by atoms with van der Waals surface area (Å²) >= 11 is 0. The van der Waals surface area contributed by atoms with Gasteiger partial charge in [-0.25, -0.2) is 4.68 Å². The Hall–Kier alpha value is -3.22. The summed E-state index contributed by atoms with van der Waals surface area (Å²) in [4.78, 5) is 26.4. The van der Waals surface area contributed by atoms with E-state index >= 15 is 0 Å². The number of aryl methyl sites for hydroxylation is 1.